The highest BCUT2D eigenvalue weighted by Crippen LogP contribution is 2.32. The first kappa shape index (κ1) is 16.0. The molecule has 1 aliphatic heterocycles. The number of rotatable bonds is 4. The van der Waals surface area contributed by atoms with Crippen LogP contribution in [0.15, 0.2) is 17.1 Å². The summed E-state index contributed by atoms with van der Waals surface area (Å²) in [6, 6.07) is 1.27. The number of nitrogen functional groups attached to an aromatic ring is 1. The minimum absolute atomic E-state index is 0.0391. The first-order chi connectivity index (χ1) is 9.69. The molecule has 11 nitrogen and oxygen atoms in total. The lowest BCUT2D eigenvalue weighted by Gasteiger charge is -2.30. The van der Waals surface area contributed by atoms with Crippen molar-refractivity contribution in [3.8, 4) is 0 Å². The van der Waals surface area contributed by atoms with Crippen LogP contribution in [0.4, 0.5) is 5.82 Å². The summed E-state index contributed by atoms with van der Waals surface area (Å²) < 4.78 is 20.4. The third-order valence-corrected chi connectivity index (χ3v) is 3.33. The molecule has 1 aromatic heterocycles. The average molecular weight is 321 g/mol. The molecule has 2 rings (SSSR count). The standard InChI is InChI=1S/C9H14N3O8P/c10-5-1-2-12(9(15)11-5)8-7(14)6(13)4(20-8)3-19-21(16,17)18/h1-2,4,6-8,13-14H,3H2,(H2,10,11,15)(H2,16,17,18)/p-2. The van der Waals surface area contributed by atoms with E-state index in [9.17, 15) is 29.4 Å². The van der Waals surface area contributed by atoms with E-state index < -0.39 is 44.7 Å². The molecule has 0 saturated carbocycles. The topological polar surface area (TPSA) is 183 Å². The molecule has 0 aromatic carbocycles. The van der Waals surface area contributed by atoms with Crippen LogP contribution >= 0.6 is 7.82 Å². The number of aromatic nitrogens is 2. The number of nitrogens with two attached hydrogens (primary N) is 1. The number of phosphoric ester groups is 1. The second-order valence-corrected chi connectivity index (χ2v) is 5.48. The summed E-state index contributed by atoms with van der Waals surface area (Å²) in [4.78, 5) is 35.8. The first-order valence-corrected chi connectivity index (χ1v) is 7.18. The van der Waals surface area contributed by atoms with Gasteiger partial charge in [-0.05, 0) is 6.07 Å². The molecule has 1 fully saturated rings. The maximum Gasteiger partial charge on any atom is 0.351 e. The van der Waals surface area contributed by atoms with E-state index >= 15 is 0 Å². The van der Waals surface area contributed by atoms with Gasteiger partial charge in [0.2, 0.25) is 0 Å². The van der Waals surface area contributed by atoms with Gasteiger partial charge in [-0.25, -0.2) is 4.79 Å². The van der Waals surface area contributed by atoms with E-state index in [-0.39, 0.29) is 5.82 Å². The molecule has 0 aliphatic carbocycles. The Morgan fingerprint density at radius 2 is 2.14 bits per heavy atom. The van der Waals surface area contributed by atoms with E-state index in [1.165, 1.54) is 12.3 Å². The summed E-state index contributed by atoms with van der Waals surface area (Å²) in [5.41, 5.74) is 4.49. The van der Waals surface area contributed by atoms with Gasteiger partial charge in [-0.3, -0.25) is 4.57 Å². The SMILES string of the molecule is Nc1ccn(C2OC(COP(=O)([O-])[O-])C(O)C2O)c(=O)n1. The third kappa shape index (κ3) is 3.66. The Labute approximate surface area is 117 Å². The van der Waals surface area contributed by atoms with Gasteiger partial charge in [0.05, 0.1) is 14.4 Å². The molecule has 4 atom stereocenters. The minimum Gasteiger partial charge on any atom is -0.790 e. The van der Waals surface area contributed by atoms with E-state index in [4.69, 9.17) is 10.5 Å². The maximum absolute atomic E-state index is 11.6. The lowest BCUT2D eigenvalue weighted by molar-refractivity contribution is -0.343. The van der Waals surface area contributed by atoms with Crippen LogP contribution in [0.5, 0.6) is 0 Å². The zero-order valence-corrected chi connectivity index (χ0v) is 11.3. The van der Waals surface area contributed by atoms with Gasteiger partial charge in [-0.15, -0.1) is 0 Å². The number of phosphoric acid groups is 1. The molecule has 4 N–H and O–H groups in total. The van der Waals surface area contributed by atoms with Gasteiger partial charge in [-0.1, -0.05) is 0 Å². The summed E-state index contributed by atoms with van der Waals surface area (Å²) in [5, 5.41) is 19.6. The number of hydrogen-bond donors (Lipinski definition) is 3. The van der Waals surface area contributed by atoms with E-state index in [1.807, 2.05) is 0 Å². The van der Waals surface area contributed by atoms with Gasteiger partial charge in [0, 0.05) is 6.20 Å². The molecule has 1 saturated heterocycles. The molecule has 12 heteroatoms. The normalized spacial score (nSPS) is 29.7. The van der Waals surface area contributed by atoms with Crippen LogP contribution in [-0.2, 0) is 13.8 Å². The second-order valence-electron chi connectivity index (χ2n) is 4.33. The molecular formula is C9H12N3O8P-2. The van der Waals surface area contributed by atoms with Crippen LogP contribution in [0.3, 0.4) is 0 Å². The molecule has 1 aliphatic rings. The van der Waals surface area contributed by atoms with E-state index in [2.05, 4.69) is 9.51 Å². The Balaban J connectivity index is 2.16. The summed E-state index contributed by atoms with van der Waals surface area (Å²) >= 11 is 0. The fourth-order valence-corrected chi connectivity index (χ4v) is 2.21. The third-order valence-electron chi connectivity index (χ3n) is 2.86. The Kier molecular flexibility index (Phi) is 4.44. The number of nitrogens with zero attached hydrogens (tertiary/aromatic N) is 2. The summed E-state index contributed by atoms with van der Waals surface area (Å²) in [7, 11) is -5.24. The van der Waals surface area contributed by atoms with E-state index in [1.54, 1.807) is 0 Å². The molecule has 0 spiro atoms. The predicted molar refractivity (Wildman–Crippen MR) is 62.4 cm³/mol. The second kappa shape index (κ2) is 5.81. The zero-order chi connectivity index (χ0) is 15.8. The van der Waals surface area contributed by atoms with Gasteiger partial charge in [0.15, 0.2) is 6.23 Å². The van der Waals surface area contributed by atoms with Gasteiger partial charge >= 0.3 is 5.69 Å². The smallest absolute Gasteiger partial charge is 0.351 e. The highest BCUT2D eigenvalue weighted by atomic mass is 31.2. The monoisotopic (exact) mass is 321 g/mol. The Morgan fingerprint density at radius 1 is 1.48 bits per heavy atom. The summed E-state index contributed by atoms with van der Waals surface area (Å²) in [5.74, 6) is -0.0391. The van der Waals surface area contributed by atoms with Crippen molar-refractivity contribution in [2.24, 2.45) is 0 Å². The first-order valence-electron chi connectivity index (χ1n) is 5.72. The van der Waals surface area contributed by atoms with Crippen LogP contribution in [0.1, 0.15) is 6.23 Å². The zero-order valence-electron chi connectivity index (χ0n) is 10.4. The van der Waals surface area contributed by atoms with Crippen LogP contribution < -0.4 is 21.2 Å². The van der Waals surface area contributed by atoms with Crippen LogP contribution in [0, 0.1) is 0 Å². The van der Waals surface area contributed by atoms with E-state index in [0.29, 0.717) is 0 Å². The number of aliphatic hydroxyl groups is 2. The number of ether oxygens (including phenoxy) is 1. The van der Waals surface area contributed by atoms with Gasteiger partial charge in [0.1, 0.15) is 24.1 Å². The summed E-state index contributed by atoms with van der Waals surface area (Å²) in [6.45, 7) is -0.782. The van der Waals surface area contributed by atoms with Crippen molar-refractivity contribution in [1.82, 2.24) is 9.55 Å². The molecule has 118 valence electrons. The number of aliphatic hydroxyl groups excluding tert-OH is 2. The molecule has 0 radical (unpaired) electrons. The van der Waals surface area contributed by atoms with Crippen molar-refractivity contribution < 1.29 is 33.8 Å². The van der Waals surface area contributed by atoms with Crippen molar-refractivity contribution in [3.63, 3.8) is 0 Å². The fourth-order valence-electron chi connectivity index (χ4n) is 1.88. The van der Waals surface area contributed by atoms with Gasteiger partial charge in [0.25, 0.3) is 0 Å². The fraction of sp³-hybridized carbons (Fsp3) is 0.556. The molecule has 0 amide bonds. The average Bonchev–Trinajstić information content (AvgIpc) is 2.64. The van der Waals surface area contributed by atoms with Crippen molar-refractivity contribution >= 4 is 13.6 Å². The van der Waals surface area contributed by atoms with Gasteiger partial charge < -0.3 is 39.6 Å². The molecule has 4 unspecified atom stereocenters. The Bertz CT molecular complexity index is 615. The van der Waals surface area contributed by atoms with Crippen LogP contribution in [-0.4, -0.2) is 44.7 Å². The Morgan fingerprint density at radius 3 is 2.71 bits per heavy atom. The van der Waals surface area contributed by atoms with Crippen molar-refractivity contribution in [2.75, 3.05) is 12.3 Å². The molecule has 0 bridgehead atoms. The van der Waals surface area contributed by atoms with Crippen LogP contribution in [0.2, 0.25) is 0 Å². The minimum atomic E-state index is -5.24. The Hall–Kier alpha value is -1.33. The van der Waals surface area contributed by atoms with E-state index in [0.717, 1.165) is 4.57 Å². The molecular weight excluding hydrogens is 309 g/mol. The van der Waals surface area contributed by atoms with Crippen molar-refractivity contribution in [2.45, 2.75) is 24.5 Å². The molecule has 1 aromatic rings. The lowest BCUT2D eigenvalue weighted by Crippen LogP contribution is -2.36. The van der Waals surface area contributed by atoms with Crippen LogP contribution in [0.25, 0.3) is 0 Å². The quantitative estimate of drug-likeness (QED) is 0.466. The van der Waals surface area contributed by atoms with Crippen molar-refractivity contribution in [1.29, 1.82) is 0 Å². The highest BCUT2D eigenvalue weighted by Gasteiger charge is 2.44. The van der Waals surface area contributed by atoms with Crippen molar-refractivity contribution in [3.05, 3.63) is 22.7 Å². The number of anilines is 1. The molecule has 21 heavy (non-hydrogen) atoms. The number of hydrogen-bond acceptors (Lipinski definition) is 10. The maximum atomic E-state index is 11.6. The predicted octanol–water partition coefficient (Wildman–Crippen LogP) is -3.71. The van der Waals surface area contributed by atoms with Gasteiger partial charge in [-0.2, -0.15) is 4.98 Å². The molecule has 2 heterocycles. The summed E-state index contributed by atoms with van der Waals surface area (Å²) in [6.07, 6.45) is -4.51. The highest BCUT2D eigenvalue weighted by molar-refractivity contribution is 7.43. The largest absolute Gasteiger partial charge is 0.790 e. The lowest BCUT2D eigenvalue weighted by atomic mass is 10.1.